The van der Waals surface area contributed by atoms with Crippen LogP contribution in [0.3, 0.4) is 0 Å². The molecule has 0 N–H and O–H groups in total. The largest absolute Gasteiger partial charge is 0.264 e. The summed E-state index contributed by atoms with van der Waals surface area (Å²) in [5, 5.41) is 0. The van der Waals surface area contributed by atoms with Crippen molar-refractivity contribution in [3.05, 3.63) is 48.5 Å². The molecule has 0 unspecified atom stereocenters. The van der Waals surface area contributed by atoms with Gasteiger partial charge >= 0.3 is 0 Å². The maximum atomic E-state index is 4.35. The highest BCUT2D eigenvalue weighted by atomic mass is 14.7. The van der Waals surface area contributed by atoms with Gasteiger partial charge in [0.05, 0.1) is 0 Å². The molecule has 0 aliphatic carbocycles. The second kappa shape index (κ2) is 4.01. The average molecular weight is 184 g/mol. The first kappa shape index (κ1) is 8.88. The lowest BCUT2D eigenvalue weighted by atomic mass is 10.1. The van der Waals surface area contributed by atoms with Crippen molar-refractivity contribution in [1.82, 2.24) is 9.97 Å². The van der Waals surface area contributed by atoms with Crippen LogP contribution in [0.15, 0.2) is 42.9 Å². The van der Waals surface area contributed by atoms with Gasteiger partial charge in [-0.3, -0.25) is 9.97 Å². The monoisotopic (exact) mass is 184 g/mol. The second-order valence-corrected chi connectivity index (χ2v) is 3.09. The number of rotatable bonds is 2. The molecule has 0 aliphatic rings. The molecule has 0 bridgehead atoms. The van der Waals surface area contributed by atoms with Crippen molar-refractivity contribution in [2.75, 3.05) is 0 Å². The van der Waals surface area contributed by atoms with Gasteiger partial charge in [0.2, 0.25) is 0 Å². The third kappa shape index (κ3) is 1.64. The maximum absolute atomic E-state index is 4.35. The van der Waals surface area contributed by atoms with Crippen molar-refractivity contribution >= 4 is 0 Å². The van der Waals surface area contributed by atoms with Crippen LogP contribution in [0, 0.1) is 0 Å². The Hall–Kier alpha value is -1.70. The minimum atomic E-state index is 0.949. The minimum Gasteiger partial charge on any atom is -0.264 e. The first-order chi connectivity index (χ1) is 6.92. The van der Waals surface area contributed by atoms with Gasteiger partial charge in [-0.15, -0.1) is 0 Å². The zero-order chi connectivity index (χ0) is 9.80. The third-order valence-corrected chi connectivity index (χ3v) is 2.20. The van der Waals surface area contributed by atoms with Gasteiger partial charge < -0.3 is 0 Å². The molecule has 14 heavy (non-hydrogen) atoms. The zero-order valence-electron chi connectivity index (χ0n) is 8.14. The Morgan fingerprint density at radius 1 is 1.14 bits per heavy atom. The standard InChI is InChI=1S/C12H12N2/c1-2-12-11(6-4-8-14-12)10-5-3-7-13-9-10/h3-9H,2H2,1H3. The Morgan fingerprint density at radius 3 is 2.71 bits per heavy atom. The Labute approximate surface area is 83.7 Å². The summed E-state index contributed by atoms with van der Waals surface area (Å²) in [5.41, 5.74) is 3.45. The normalized spacial score (nSPS) is 10.1. The number of pyridine rings is 2. The van der Waals surface area contributed by atoms with E-state index in [0.29, 0.717) is 0 Å². The first-order valence-corrected chi connectivity index (χ1v) is 4.76. The van der Waals surface area contributed by atoms with E-state index in [0.717, 1.165) is 17.7 Å². The molecule has 0 saturated heterocycles. The Balaban J connectivity index is 2.51. The average Bonchev–Trinajstić information content (AvgIpc) is 2.30. The minimum absolute atomic E-state index is 0.949. The fraction of sp³-hybridized carbons (Fsp3) is 0.167. The molecule has 2 nitrogen and oxygen atoms in total. The molecular formula is C12H12N2. The van der Waals surface area contributed by atoms with Crippen LogP contribution >= 0.6 is 0 Å². The Bertz CT molecular complexity index is 410. The van der Waals surface area contributed by atoms with Crippen LogP contribution in [-0.4, -0.2) is 9.97 Å². The van der Waals surface area contributed by atoms with Crippen molar-refractivity contribution in [2.24, 2.45) is 0 Å². The molecule has 2 heterocycles. The molecule has 0 radical (unpaired) electrons. The van der Waals surface area contributed by atoms with E-state index < -0.39 is 0 Å². The SMILES string of the molecule is CCc1ncccc1-c1cccnc1. The quantitative estimate of drug-likeness (QED) is 0.717. The van der Waals surface area contributed by atoms with E-state index in [-0.39, 0.29) is 0 Å². The van der Waals surface area contributed by atoms with Crippen molar-refractivity contribution in [1.29, 1.82) is 0 Å². The predicted octanol–water partition coefficient (Wildman–Crippen LogP) is 2.71. The van der Waals surface area contributed by atoms with Crippen LogP contribution in [0.5, 0.6) is 0 Å². The molecule has 0 atom stereocenters. The van der Waals surface area contributed by atoms with E-state index in [9.17, 15) is 0 Å². The van der Waals surface area contributed by atoms with Crippen LogP contribution in [0.2, 0.25) is 0 Å². The fourth-order valence-electron chi connectivity index (χ4n) is 1.50. The number of aromatic nitrogens is 2. The summed E-state index contributed by atoms with van der Waals surface area (Å²) >= 11 is 0. The Kier molecular flexibility index (Phi) is 2.54. The maximum Gasteiger partial charge on any atom is 0.0479 e. The van der Waals surface area contributed by atoms with E-state index in [1.807, 2.05) is 24.5 Å². The van der Waals surface area contributed by atoms with Crippen molar-refractivity contribution in [2.45, 2.75) is 13.3 Å². The van der Waals surface area contributed by atoms with Gasteiger partial charge in [-0.1, -0.05) is 19.1 Å². The lowest BCUT2D eigenvalue weighted by Crippen LogP contribution is -1.91. The molecule has 0 spiro atoms. The molecular weight excluding hydrogens is 172 g/mol. The number of hydrogen-bond acceptors (Lipinski definition) is 2. The second-order valence-electron chi connectivity index (χ2n) is 3.09. The molecule has 0 fully saturated rings. The van der Waals surface area contributed by atoms with Crippen molar-refractivity contribution in [3.63, 3.8) is 0 Å². The lowest BCUT2D eigenvalue weighted by Gasteiger charge is -2.05. The van der Waals surface area contributed by atoms with Crippen LogP contribution in [0.25, 0.3) is 11.1 Å². The van der Waals surface area contributed by atoms with E-state index >= 15 is 0 Å². The molecule has 70 valence electrons. The molecule has 2 heteroatoms. The smallest absolute Gasteiger partial charge is 0.0479 e. The summed E-state index contributed by atoms with van der Waals surface area (Å²) in [7, 11) is 0. The van der Waals surface area contributed by atoms with Gasteiger partial charge in [0.15, 0.2) is 0 Å². The highest BCUT2D eigenvalue weighted by Crippen LogP contribution is 2.20. The molecule has 2 rings (SSSR count). The van der Waals surface area contributed by atoms with Gasteiger partial charge in [-0.25, -0.2) is 0 Å². The van der Waals surface area contributed by atoms with Crippen LogP contribution in [-0.2, 0) is 6.42 Å². The van der Waals surface area contributed by atoms with Crippen molar-refractivity contribution in [3.8, 4) is 11.1 Å². The van der Waals surface area contributed by atoms with Gasteiger partial charge in [-0.05, 0) is 18.6 Å². The topological polar surface area (TPSA) is 25.8 Å². The number of nitrogens with zero attached hydrogens (tertiary/aromatic N) is 2. The van der Waals surface area contributed by atoms with Gasteiger partial charge in [0, 0.05) is 35.4 Å². The van der Waals surface area contributed by atoms with E-state index in [4.69, 9.17) is 0 Å². The summed E-state index contributed by atoms with van der Waals surface area (Å²) in [4.78, 5) is 8.45. The fourth-order valence-corrected chi connectivity index (χ4v) is 1.50. The van der Waals surface area contributed by atoms with E-state index in [2.05, 4.69) is 29.0 Å². The molecule has 0 saturated carbocycles. The van der Waals surface area contributed by atoms with Gasteiger partial charge in [0.25, 0.3) is 0 Å². The number of hydrogen-bond donors (Lipinski definition) is 0. The third-order valence-electron chi connectivity index (χ3n) is 2.20. The van der Waals surface area contributed by atoms with Gasteiger partial charge in [-0.2, -0.15) is 0 Å². The molecule has 0 amide bonds. The van der Waals surface area contributed by atoms with Gasteiger partial charge in [0.1, 0.15) is 0 Å². The van der Waals surface area contributed by atoms with E-state index in [1.165, 1.54) is 5.56 Å². The van der Waals surface area contributed by atoms with E-state index in [1.54, 1.807) is 6.20 Å². The van der Waals surface area contributed by atoms with Crippen molar-refractivity contribution < 1.29 is 0 Å². The summed E-state index contributed by atoms with van der Waals surface area (Å²) in [6.45, 7) is 2.11. The number of aryl methyl sites for hydroxylation is 1. The zero-order valence-corrected chi connectivity index (χ0v) is 8.14. The summed E-state index contributed by atoms with van der Waals surface area (Å²) < 4.78 is 0. The Morgan fingerprint density at radius 2 is 2.00 bits per heavy atom. The molecule has 0 aromatic carbocycles. The summed E-state index contributed by atoms with van der Waals surface area (Å²) in [6, 6.07) is 8.05. The molecule has 0 aliphatic heterocycles. The highest BCUT2D eigenvalue weighted by molar-refractivity contribution is 5.64. The van der Waals surface area contributed by atoms with Crippen LogP contribution < -0.4 is 0 Å². The summed E-state index contributed by atoms with van der Waals surface area (Å²) in [5.74, 6) is 0. The molecule has 2 aromatic heterocycles. The summed E-state index contributed by atoms with van der Waals surface area (Å²) in [6.07, 6.45) is 6.44. The van der Waals surface area contributed by atoms with Crippen LogP contribution in [0.4, 0.5) is 0 Å². The lowest BCUT2D eigenvalue weighted by molar-refractivity contribution is 1.04. The molecule has 2 aromatic rings. The van der Waals surface area contributed by atoms with Crippen LogP contribution in [0.1, 0.15) is 12.6 Å². The highest BCUT2D eigenvalue weighted by Gasteiger charge is 2.02. The first-order valence-electron chi connectivity index (χ1n) is 4.76. The predicted molar refractivity (Wildman–Crippen MR) is 56.8 cm³/mol.